The van der Waals surface area contributed by atoms with Gasteiger partial charge in [-0.15, -0.1) is 0 Å². The van der Waals surface area contributed by atoms with E-state index in [2.05, 4.69) is 5.32 Å². The molecule has 27 heavy (non-hydrogen) atoms. The number of carbonyl (C=O) groups is 3. The van der Waals surface area contributed by atoms with Crippen LogP contribution in [-0.2, 0) is 20.8 Å². The molecular weight excluding hydrogens is 354 g/mol. The summed E-state index contributed by atoms with van der Waals surface area (Å²) in [6, 6.07) is 3.64. The van der Waals surface area contributed by atoms with Crippen LogP contribution in [0.15, 0.2) is 18.2 Å². The minimum absolute atomic E-state index is 0.0284. The predicted molar refractivity (Wildman–Crippen MR) is 100 cm³/mol. The van der Waals surface area contributed by atoms with Gasteiger partial charge < -0.3 is 32.1 Å². The fourth-order valence-corrected chi connectivity index (χ4v) is 2.14. The molecule has 0 heterocycles. The Labute approximate surface area is 158 Å². The summed E-state index contributed by atoms with van der Waals surface area (Å²) in [5.74, 6) is -1.23. The van der Waals surface area contributed by atoms with Gasteiger partial charge in [-0.25, -0.2) is 0 Å². The van der Waals surface area contributed by atoms with Crippen molar-refractivity contribution >= 4 is 17.7 Å². The molecule has 0 aromatic heterocycles. The minimum Gasteiger partial charge on any atom is -0.508 e. The van der Waals surface area contributed by atoms with Crippen molar-refractivity contribution in [3.63, 3.8) is 0 Å². The van der Waals surface area contributed by atoms with Gasteiger partial charge in [0.25, 0.3) is 5.97 Å². The number of hydrogen-bond donors (Lipinski definition) is 6. The number of aliphatic carboxylic acids is 1. The summed E-state index contributed by atoms with van der Waals surface area (Å²) in [4.78, 5) is 32.2. The van der Waals surface area contributed by atoms with E-state index in [9.17, 15) is 19.8 Å². The summed E-state index contributed by atoms with van der Waals surface area (Å²) in [5.41, 5.74) is 11.5. The SMILES string of the molecule is CC(=O)O.NCCC(=O)C(N)CCCCNC(=O)Cc1ccc(O)cc1O. The van der Waals surface area contributed by atoms with Gasteiger partial charge in [0, 0.05) is 31.5 Å². The molecule has 1 atom stereocenters. The zero-order valence-corrected chi connectivity index (χ0v) is 15.5. The fourth-order valence-electron chi connectivity index (χ4n) is 2.14. The Morgan fingerprint density at radius 1 is 1.19 bits per heavy atom. The quantitative estimate of drug-likeness (QED) is 0.312. The summed E-state index contributed by atoms with van der Waals surface area (Å²) >= 11 is 0. The van der Waals surface area contributed by atoms with E-state index in [1.165, 1.54) is 18.2 Å². The van der Waals surface area contributed by atoms with Crippen molar-refractivity contribution in [2.45, 2.75) is 45.1 Å². The zero-order valence-electron chi connectivity index (χ0n) is 15.5. The second-order valence-electron chi connectivity index (χ2n) is 5.97. The van der Waals surface area contributed by atoms with E-state index in [4.69, 9.17) is 21.4 Å². The van der Waals surface area contributed by atoms with Crippen molar-refractivity contribution in [1.29, 1.82) is 0 Å². The summed E-state index contributed by atoms with van der Waals surface area (Å²) in [6.07, 6.45) is 2.38. The van der Waals surface area contributed by atoms with Gasteiger partial charge in [0.1, 0.15) is 11.5 Å². The van der Waals surface area contributed by atoms with E-state index in [1.54, 1.807) is 0 Å². The summed E-state index contributed by atoms with van der Waals surface area (Å²) in [5, 5.41) is 29.0. The third-order valence-corrected chi connectivity index (χ3v) is 3.49. The lowest BCUT2D eigenvalue weighted by Gasteiger charge is -2.10. The molecule has 9 nitrogen and oxygen atoms in total. The Bertz CT molecular complexity index is 617. The molecule has 9 heteroatoms. The van der Waals surface area contributed by atoms with Crippen LogP contribution in [0, 0.1) is 0 Å². The first-order chi connectivity index (χ1) is 12.7. The third kappa shape index (κ3) is 12.4. The third-order valence-electron chi connectivity index (χ3n) is 3.49. The van der Waals surface area contributed by atoms with Crippen molar-refractivity contribution in [3.8, 4) is 11.5 Å². The molecule has 1 aromatic rings. The van der Waals surface area contributed by atoms with Crippen LogP contribution in [0.4, 0.5) is 0 Å². The Morgan fingerprint density at radius 2 is 1.81 bits per heavy atom. The van der Waals surface area contributed by atoms with Crippen LogP contribution in [0.25, 0.3) is 0 Å². The molecule has 0 fully saturated rings. The van der Waals surface area contributed by atoms with Crippen LogP contribution in [-0.4, -0.2) is 52.1 Å². The number of amides is 1. The standard InChI is InChI=1S/C16H25N3O4.C2H4O2/c17-7-6-14(21)13(18)3-1-2-8-19-16(23)9-11-4-5-12(20)10-15(11)22;1-2(3)4/h4-5,10,13,20,22H,1-3,6-9,17-18H2,(H,19,23);1H3,(H,3,4). The molecule has 0 aliphatic carbocycles. The van der Waals surface area contributed by atoms with Crippen LogP contribution in [0.1, 0.15) is 38.2 Å². The highest BCUT2D eigenvalue weighted by atomic mass is 16.4. The zero-order chi connectivity index (χ0) is 20.8. The molecule has 0 aliphatic rings. The smallest absolute Gasteiger partial charge is 0.300 e. The van der Waals surface area contributed by atoms with Gasteiger partial charge in [-0.2, -0.15) is 0 Å². The molecule has 1 unspecified atom stereocenters. The number of carboxylic acid groups (broad SMARTS) is 1. The Morgan fingerprint density at radius 3 is 2.37 bits per heavy atom. The lowest BCUT2D eigenvalue weighted by atomic mass is 10.0. The van der Waals surface area contributed by atoms with E-state index in [-0.39, 0.29) is 29.6 Å². The van der Waals surface area contributed by atoms with Crippen molar-refractivity contribution in [3.05, 3.63) is 23.8 Å². The number of aromatic hydroxyl groups is 2. The summed E-state index contributed by atoms with van der Waals surface area (Å²) < 4.78 is 0. The molecule has 0 spiro atoms. The number of nitrogens with one attached hydrogen (secondary N) is 1. The number of nitrogens with two attached hydrogens (primary N) is 2. The molecule has 8 N–H and O–H groups in total. The summed E-state index contributed by atoms with van der Waals surface area (Å²) in [7, 11) is 0. The van der Waals surface area contributed by atoms with Crippen molar-refractivity contribution < 1.29 is 29.7 Å². The highest BCUT2D eigenvalue weighted by molar-refractivity contribution is 5.83. The largest absolute Gasteiger partial charge is 0.508 e. The van der Waals surface area contributed by atoms with Crippen LogP contribution in [0.3, 0.4) is 0 Å². The molecule has 1 aromatic carbocycles. The summed E-state index contributed by atoms with van der Waals surface area (Å²) in [6.45, 7) is 1.88. The first kappa shape index (κ1) is 24.4. The normalized spacial score (nSPS) is 11.1. The maximum Gasteiger partial charge on any atom is 0.300 e. The first-order valence-electron chi connectivity index (χ1n) is 8.62. The average Bonchev–Trinajstić information content (AvgIpc) is 2.56. The van der Waals surface area contributed by atoms with Crippen molar-refractivity contribution in [2.24, 2.45) is 11.5 Å². The minimum atomic E-state index is -0.833. The van der Waals surface area contributed by atoms with Gasteiger partial charge in [0.05, 0.1) is 12.5 Å². The average molecular weight is 383 g/mol. The number of Topliss-reactive ketones (excluding diaryl/α,β-unsaturated/α-hetero) is 1. The number of carboxylic acids is 1. The topological polar surface area (TPSA) is 176 Å². The lowest BCUT2D eigenvalue weighted by Crippen LogP contribution is -2.32. The molecule has 0 bridgehead atoms. The van der Waals surface area contributed by atoms with E-state index in [0.717, 1.165) is 19.8 Å². The van der Waals surface area contributed by atoms with Crippen LogP contribution in [0.5, 0.6) is 11.5 Å². The number of unbranched alkanes of at least 4 members (excludes halogenated alkanes) is 1. The molecule has 0 saturated carbocycles. The second kappa shape index (κ2) is 13.5. The molecule has 0 radical (unpaired) electrons. The second-order valence-corrected chi connectivity index (χ2v) is 5.97. The fraction of sp³-hybridized carbons (Fsp3) is 0.500. The van der Waals surface area contributed by atoms with Gasteiger partial charge >= 0.3 is 0 Å². The van der Waals surface area contributed by atoms with Crippen LogP contribution >= 0.6 is 0 Å². The molecule has 0 saturated heterocycles. The number of hydrogen-bond acceptors (Lipinski definition) is 7. The van der Waals surface area contributed by atoms with Gasteiger partial charge in [0.15, 0.2) is 5.78 Å². The molecule has 0 aliphatic heterocycles. The van der Waals surface area contributed by atoms with Gasteiger partial charge in [0.2, 0.25) is 5.91 Å². The Hall–Kier alpha value is -2.65. The maximum absolute atomic E-state index is 11.8. The van der Waals surface area contributed by atoms with Gasteiger partial charge in [-0.1, -0.05) is 6.07 Å². The van der Waals surface area contributed by atoms with Crippen LogP contribution < -0.4 is 16.8 Å². The number of carbonyl (C=O) groups excluding carboxylic acids is 2. The van der Waals surface area contributed by atoms with E-state index in [0.29, 0.717) is 31.5 Å². The molecule has 1 rings (SSSR count). The maximum atomic E-state index is 11.8. The van der Waals surface area contributed by atoms with E-state index >= 15 is 0 Å². The first-order valence-corrected chi connectivity index (χ1v) is 8.62. The molecule has 1 amide bonds. The molecule has 152 valence electrons. The highest BCUT2D eigenvalue weighted by Gasteiger charge is 2.12. The van der Waals surface area contributed by atoms with Crippen molar-refractivity contribution in [2.75, 3.05) is 13.1 Å². The van der Waals surface area contributed by atoms with Gasteiger partial charge in [-0.3, -0.25) is 14.4 Å². The number of rotatable bonds is 10. The highest BCUT2D eigenvalue weighted by Crippen LogP contribution is 2.22. The Kier molecular flexibility index (Phi) is 12.2. The number of phenolic OH excluding ortho intramolecular Hbond substituents is 2. The van der Waals surface area contributed by atoms with Gasteiger partial charge in [-0.05, 0) is 31.9 Å². The predicted octanol–water partition coefficient (Wildman–Crippen LogP) is 0.263. The number of phenols is 2. The van der Waals surface area contributed by atoms with Crippen LogP contribution in [0.2, 0.25) is 0 Å². The number of benzene rings is 1. The number of ketones is 1. The van der Waals surface area contributed by atoms with E-state index < -0.39 is 12.0 Å². The lowest BCUT2D eigenvalue weighted by molar-refractivity contribution is -0.134. The molecular formula is C18H29N3O6. The van der Waals surface area contributed by atoms with Crippen molar-refractivity contribution in [1.82, 2.24) is 5.32 Å². The monoisotopic (exact) mass is 383 g/mol. The Balaban J connectivity index is 0.00000153. The van der Waals surface area contributed by atoms with E-state index in [1.807, 2.05) is 0 Å².